The number of benzene rings is 2. The maximum absolute atomic E-state index is 12.1. The summed E-state index contributed by atoms with van der Waals surface area (Å²) in [7, 11) is 1.57. The molecule has 0 aliphatic heterocycles. The molecule has 0 heterocycles. The molecule has 0 radical (unpaired) electrons. The first-order valence-electron chi connectivity index (χ1n) is 9.14. The number of nitrogens with one attached hydrogen (secondary N) is 1. The zero-order valence-corrected chi connectivity index (χ0v) is 16.4. The fourth-order valence-electron chi connectivity index (χ4n) is 2.39. The minimum atomic E-state index is -0.371. The Labute approximate surface area is 165 Å². The molecule has 0 saturated heterocycles. The van der Waals surface area contributed by atoms with Gasteiger partial charge in [0.25, 0.3) is 0 Å². The second-order valence-electron chi connectivity index (χ2n) is 5.88. The maximum atomic E-state index is 12.1. The van der Waals surface area contributed by atoms with Crippen molar-refractivity contribution in [2.75, 3.05) is 25.6 Å². The van der Waals surface area contributed by atoms with Crippen molar-refractivity contribution >= 4 is 23.6 Å². The summed E-state index contributed by atoms with van der Waals surface area (Å²) in [5.74, 6) is 0.609. The van der Waals surface area contributed by atoms with Gasteiger partial charge in [0.05, 0.1) is 25.9 Å². The Morgan fingerprint density at radius 2 is 1.79 bits per heavy atom. The van der Waals surface area contributed by atoms with Crippen molar-refractivity contribution in [1.29, 1.82) is 0 Å². The Bertz CT molecular complexity index is 827. The molecule has 28 heavy (non-hydrogen) atoms. The van der Waals surface area contributed by atoms with Gasteiger partial charge in [-0.05, 0) is 61.4 Å². The van der Waals surface area contributed by atoms with Crippen molar-refractivity contribution in [3.05, 3.63) is 59.7 Å². The number of methoxy groups -OCH3 is 1. The minimum absolute atomic E-state index is 0.283. The molecule has 6 nitrogen and oxygen atoms in total. The lowest BCUT2D eigenvalue weighted by molar-refractivity contribution is -0.111. The Hall–Kier alpha value is -3.28. The van der Waals surface area contributed by atoms with Gasteiger partial charge in [-0.1, -0.05) is 13.0 Å². The van der Waals surface area contributed by atoms with Crippen LogP contribution in [0, 0.1) is 0 Å². The first-order chi connectivity index (χ1) is 13.6. The molecule has 0 atom stereocenters. The molecular formula is C22H25NO5. The van der Waals surface area contributed by atoms with Crippen molar-refractivity contribution in [3.63, 3.8) is 0 Å². The van der Waals surface area contributed by atoms with E-state index in [-0.39, 0.29) is 11.9 Å². The second kappa shape index (κ2) is 10.8. The van der Waals surface area contributed by atoms with E-state index >= 15 is 0 Å². The lowest BCUT2D eigenvalue weighted by atomic mass is 10.2. The fourth-order valence-corrected chi connectivity index (χ4v) is 2.39. The highest BCUT2D eigenvalue weighted by atomic mass is 16.5. The summed E-state index contributed by atoms with van der Waals surface area (Å²) in [5, 5.41) is 2.75. The largest absolute Gasteiger partial charge is 0.493 e. The van der Waals surface area contributed by atoms with Crippen LogP contribution in [0.1, 0.15) is 36.2 Å². The maximum Gasteiger partial charge on any atom is 0.338 e. The Morgan fingerprint density at radius 3 is 2.43 bits per heavy atom. The molecule has 0 unspecified atom stereocenters. The Kier molecular flexibility index (Phi) is 8.09. The van der Waals surface area contributed by atoms with Crippen molar-refractivity contribution in [3.8, 4) is 11.5 Å². The number of carbonyl (C=O) groups excluding carboxylic acids is 2. The van der Waals surface area contributed by atoms with Crippen LogP contribution in [0.3, 0.4) is 0 Å². The van der Waals surface area contributed by atoms with Crippen molar-refractivity contribution in [1.82, 2.24) is 0 Å². The average molecular weight is 383 g/mol. The molecule has 148 valence electrons. The summed E-state index contributed by atoms with van der Waals surface area (Å²) >= 11 is 0. The lowest BCUT2D eigenvalue weighted by Gasteiger charge is -2.09. The zero-order chi connectivity index (χ0) is 20.4. The number of ether oxygens (including phenoxy) is 3. The van der Waals surface area contributed by atoms with Gasteiger partial charge < -0.3 is 19.5 Å². The van der Waals surface area contributed by atoms with Crippen LogP contribution in [-0.2, 0) is 9.53 Å². The van der Waals surface area contributed by atoms with Crippen LogP contribution in [-0.4, -0.2) is 32.2 Å². The third kappa shape index (κ3) is 6.16. The molecule has 0 aromatic heterocycles. The van der Waals surface area contributed by atoms with E-state index in [4.69, 9.17) is 14.2 Å². The third-order valence-electron chi connectivity index (χ3n) is 3.74. The van der Waals surface area contributed by atoms with Gasteiger partial charge in [-0.15, -0.1) is 0 Å². The lowest BCUT2D eigenvalue weighted by Crippen LogP contribution is -2.09. The van der Waals surface area contributed by atoms with E-state index in [1.807, 2.05) is 19.9 Å². The van der Waals surface area contributed by atoms with Crippen molar-refractivity contribution < 1.29 is 23.8 Å². The second-order valence-corrected chi connectivity index (χ2v) is 5.88. The molecule has 0 saturated carbocycles. The normalized spacial score (nSPS) is 10.5. The molecule has 0 bridgehead atoms. The molecule has 0 aliphatic carbocycles. The third-order valence-corrected chi connectivity index (χ3v) is 3.74. The molecule has 2 rings (SSSR count). The van der Waals surface area contributed by atoms with Gasteiger partial charge in [0.2, 0.25) is 5.91 Å². The smallest absolute Gasteiger partial charge is 0.338 e. The average Bonchev–Trinajstić information content (AvgIpc) is 2.72. The summed E-state index contributed by atoms with van der Waals surface area (Å²) in [5.41, 5.74) is 1.85. The van der Waals surface area contributed by atoms with Crippen LogP contribution in [0.15, 0.2) is 48.5 Å². The van der Waals surface area contributed by atoms with Crippen LogP contribution >= 0.6 is 0 Å². The SMILES string of the molecule is CCCOC(=O)c1ccc(NC(=O)C=Cc2ccc(OCC)c(OC)c2)cc1. The van der Waals surface area contributed by atoms with Gasteiger partial charge in [-0.3, -0.25) is 4.79 Å². The number of rotatable bonds is 9. The van der Waals surface area contributed by atoms with E-state index in [1.54, 1.807) is 49.6 Å². The molecule has 1 amide bonds. The number of hydrogen-bond donors (Lipinski definition) is 1. The van der Waals surface area contributed by atoms with Gasteiger partial charge in [0.1, 0.15) is 0 Å². The number of anilines is 1. The summed E-state index contributed by atoms with van der Waals surface area (Å²) in [6, 6.07) is 12.0. The molecule has 0 aliphatic rings. The monoisotopic (exact) mass is 383 g/mol. The number of hydrogen-bond acceptors (Lipinski definition) is 5. The predicted molar refractivity (Wildman–Crippen MR) is 109 cm³/mol. The summed E-state index contributed by atoms with van der Waals surface area (Å²) in [6.07, 6.45) is 3.88. The Morgan fingerprint density at radius 1 is 1.04 bits per heavy atom. The van der Waals surface area contributed by atoms with Crippen LogP contribution < -0.4 is 14.8 Å². The van der Waals surface area contributed by atoms with Crippen molar-refractivity contribution in [2.45, 2.75) is 20.3 Å². The topological polar surface area (TPSA) is 73.9 Å². The zero-order valence-electron chi connectivity index (χ0n) is 16.4. The van der Waals surface area contributed by atoms with Crippen molar-refractivity contribution in [2.24, 2.45) is 0 Å². The molecule has 2 aromatic carbocycles. The fraction of sp³-hybridized carbons (Fsp3) is 0.273. The number of amides is 1. The summed E-state index contributed by atoms with van der Waals surface area (Å²) in [6.45, 7) is 4.77. The summed E-state index contributed by atoms with van der Waals surface area (Å²) in [4.78, 5) is 23.9. The molecule has 1 N–H and O–H groups in total. The molecule has 0 fully saturated rings. The van der Waals surface area contributed by atoms with E-state index in [9.17, 15) is 9.59 Å². The summed E-state index contributed by atoms with van der Waals surface area (Å²) < 4.78 is 15.8. The first-order valence-corrected chi connectivity index (χ1v) is 9.14. The van der Waals surface area contributed by atoms with Gasteiger partial charge in [0, 0.05) is 11.8 Å². The van der Waals surface area contributed by atoms with E-state index in [1.165, 1.54) is 6.08 Å². The number of esters is 1. The highest BCUT2D eigenvalue weighted by Gasteiger charge is 2.07. The van der Waals surface area contributed by atoms with Crippen LogP contribution in [0.25, 0.3) is 6.08 Å². The van der Waals surface area contributed by atoms with Crippen LogP contribution in [0.5, 0.6) is 11.5 Å². The van der Waals surface area contributed by atoms with Crippen LogP contribution in [0.2, 0.25) is 0 Å². The van der Waals surface area contributed by atoms with Gasteiger partial charge in [-0.25, -0.2) is 4.79 Å². The predicted octanol–water partition coefficient (Wildman–Crippen LogP) is 4.31. The molecule has 2 aromatic rings. The van der Waals surface area contributed by atoms with Gasteiger partial charge in [-0.2, -0.15) is 0 Å². The number of carbonyl (C=O) groups is 2. The van der Waals surface area contributed by atoms with Crippen LogP contribution in [0.4, 0.5) is 5.69 Å². The molecular weight excluding hydrogens is 358 g/mol. The molecule has 0 spiro atoms. The Balaban J connectivity index is 1.97. The van der Waals surface area contributed by atoms with Gasteiger partial charge >= 0.3 is 5.97 Å². The van der Waals surface area contributed by atoms with E-state index in [2.05, 4.69) is 5.32 Å². The van der Waals surface area contributed by atoms with E-state index in [0.717, 1.165) is 12.0 Å². The minimum Gasteiger partial charge on any atom is -0.493 e. The molecule has 6 heteroatoms. The first kappa shape index (κ1) is 21.0. The standard InChI is InChI=1S/C22H25NO5/c1-4-14-28-22(25)17-8-10-18(11-9-17)23-21(24)13-7-16-6-12-19(27-5-2)20(15-16)26-3/h6-13,15H,4-5,14H2,1-3H3,(H,23,24). The van der Waals surface area contributed by atoms with E-state index < -0.39 is 0 Å². The van der Waals surface area contributed by atoms with E-state index in [0.29, 0.717) is 36.0 Å². The highest BCUT2D eigenvalue weighted by molar-refractivity contribution is 6.02. The highest BCUT2D eigenvalue weighted by Crippen LogP contribution is 2.28. The quantitative estimate of drug-likeness (QED) is 0.516. The van der Waals surface area contributed by atoms with Gasteiger partial charge in [0.15, 0.2) is 11.5 Å².